The first-order chi connectivity index (χ1) is 12.9. The molecule has 1 amide bonds. The Morgan fingerprint density at radius 2 is 1.59 bits per heavy atom. The SMILES string of the molecule is COc1ccc(F)cc1COC(=O)c1cc(OC)c(OC)cc1NC(C)=O. The number of hydrogen-bond donors (Lipinski definition) is 1. The van der Waals surface area contributed by atoms with Gasteiger partial charge in [0.15, 0.2) is 11.5 Å². The maximum atomic E-state index is 13.4. The van der Waals surface area contributed by atoms with Gasteiger partial charge in [-0.2, -0.15) is 0 Å². The van der Waals surface area contributed by atoms with Crippen LogP contribution in [0.3, 0.4) is 0 Å². The minimum absolute atomic E-state index is 0.0678. The van der Waals surface area contributed by atoms with Gasteiger partial charge in [0.05, 0.1) is 32.6 Å². The van der Waals surface area contributed by atoms with E-state index in [1.54, 1.807) is 0 Å². The second kappa shape index (κ2) is 8.88. The highest BCUT2D eigenvalue weighted by atomic mass is 19.1. The normalized spacial score (nSPS) is 10.1. The zero-order valence-electron chi connectivity index (χ0n) is 15.4. The number of hydrogen-bond acceptors (Lipinski definition) is 6. The fourth-order valence-corrected chi connectivity index (χ4v) is 2.42. The number of ether oxygens (including phenoxy) is 4. The highest BCUT2D eigenvalue weighted by Crippen LogP contribution is 2.34. The van der Waals surface area contributed by atoms with Gasteiger partial charge in [-0.25, -0.2) is 9.18 Å². The van der Waals surface area contributed by atoms with E-state index in [4.69, 9.17) is 18.9 Å². The number of amides is 1. The summed E-state index contributed by atoms with van der Waals surface area (Å²) in [5.74, 6) is -0.564. The number of anilines is 1. The number of halogens is 1. The molecule has 0 spiro atoms. The second-order valence-electron chi connectivity index (χ2n) is 5.47. The third-order valence-electron chi connectivity index (χ3n) is 3.66. The van der Waals surface area contributed by atoms with E-state index in [1.807, 2.05) is 0 Å². The molecule has 144 valence electrons. The highest BCUT2D eigenvalue weighted by Gasteiger charge is 2.20. The van der Waals surface area contributed by atoms with Crippen molar-refractivity contribution in [1.29, 1.82) is 0 Å². The molecule has 0 aliphatic rings. The molecule has 2 rings (SSSR count). The van der Waals surface area contributed by atoms with E-state index in [9.17, 15) is 14.0 Å². The standard InChI is InChI=1S/C19H20FNO6/c1-11(22)21-15-9-18(26-4)17(25-3)8-14(15)19(23)27-10-12-7-13(20)5-6-16(12)24-2/h5-9H,10H2,1-4H3,(H,21,22). The van der Waals surface area contributed by atoms with Crippen molar-refractivity contribution in [2.24, 2.45) is 0 Å². The maximum absolute atomic E-state index is 13.4. The molecule has 0 saturated carbocycles. The number of methoxy groups -OCH3 is 3. The lowest BCUT2D eigenvalue weighted by molar-refractivity contribution is -0.114. The molecule has 0 aromatic heterocycles. The van der Waals surface area contributed by atoms with Gasteiger partial charge in [0.1, 0.15) is 18.2 Å². The molecular weight excluding hydrogens is 357 g/mol. The van der Waals surface area contributed by atoms with Crippen molar-refractivity contribution in [1.82, 2.24) is 0 Å². The van der Waals surface area contributed by atoms with Crippen LogP contribution in [0.1, 0.15) is 22.8 Å². The molecule has 0 fully saturated rings. The molecule has 0 saturated heterocycles. The first kappa shape index (κ1) is 20.0. The van der Waals surface area contributed by atoms with Gasteiger partial charge < -0.3 is 24.3 Å². The predicted molar refractivity (Wildman–Crippen MR) is 95.9 cm³/mol. The summed E-state index contributed by atoms with van der Waals surface area (Å²) in [6.45, 7) is 1.09. The van der Waals surface area contributed by atoms with Crippen LogP contribution in [0, 0.1) is 5.82 Å². The molecule has 27 heavy (non-hydrogen) atoms. The molecular formula is C19H20FNO6. The Kier molecular flexibility index (Phi) is 6.59. The first-order valence-corrected chi connectivity index (χ1v) is 7.92. The maximum Gasteiger partial charge on any atom is 0.340 e. The van der Waals surface area contributed by atoms with Gasteiger partial charge in [-0.15, -0.1) is 0 Å². The van der Waals surface area contributed by atoms with Crippen molar-refractivity contribution in [3.8, 4) is 17.2 Å². The van der Waals surface area contributed by atoms with Crippen LogP contribution in [-0.2, 0) is 16.1 Å². The summed E-state index contributed by atoms with van der Waals surface area (Å²) in [7, 11) is 4.29. The topological polar surface area (TPSA) is 83.1 Å². The Labute approximate surface area is 156 Å². The molecule has 0 heterocycles. The summed E-state index contributed by atoms with van der Waals surface area (Å²) in [4.78, 5) is 24.0. The zero-order valence-corrected chi connectivity index (χ0v) is 15.4. The van der Waals surface area contributed by atoms with Crippen molar-refractivity contribution < 1.29 is 32.9 Å². The van der Waals surface area contributed by atoms with Crippen LogP contribution < -0.4 is 19.5 Å². The largest absolute Gasteiger partial charge is 0.496 e. The third kappa shape index (κ3) is 4.87. The van der Waals surface area contributed by atoms with Crippen LogP contribution in [0.15, 0.2) is 30.3 Å². The quantitative estimate of drug-likeness (QED) is 0.747. The Morgan fingerprint density at radius 3 is 2.19 bits per heavy atom. The van der Waals surface area contributed by atoms with Gasteiger partial charge in [0.2, 0.25) is 5.91 Å². The number of nitrogens with one attached hydrogen (secondary N) is 1. The highest BCUT2D eigenvalue weighted by molar-refractivity contribution is 6.01. The lowest BCUT2D eigenvalue weighted by Gasteiger charge is -2.15. The lowest BCUT2D eigenvalue weighted by atomic mass is 10.1. The molecule has 0 atom stereocenters. The average molecular weight is 377 g/mol. The van der Waals surface area contributed by atoms with Crippen LogP contribution in [0.25, 0.3) is 0 Å². The van der Waals surface area contributed by atoms with E-state index < -0.39 is 11.8 Å². The van der Waals surface area contributed by atoms with Crippen LogP contribution >= 0.6 is 0 Å². The number of rotatable bonds is 7. The summed E-state index contributed by atoms with van der Waals surface area (Å²) >= 11 is 0. The summed E-state index contributed by atoms with van der Waals surface area (Å²) in [6.07, 6.45) is 0. The van der Waals surface area contributed by atoms with Crippen molar-refractivity contribution in [3.63, 3.8) is 0 Å². The van der Waals surface area contributed by atoms with Crippen LogP contribution in [-0.4, -0.2) is 33.2 Å². The van der Waals surface area contributed by atoms with Gasteiger partial charge in [0.25, 0.3) is 0 Å². The third-order valence-corrected chi connectivity index (χ3v) is 3.66. The second-order valence-corrected chi connectivity index (χ2v) is 5.47. The van der Waals surface area contributed by atoms with E-state index in [0.29, 0.717) is 22.8 Å². The minimum atomic E-state index is -0.731. The Bertz CT molecular complexity index is 852. The van der Waals surface area contributed by atoms with Gasteiger partial charge in [-0.05, 0) is 18.2 Å². The minimum Gasteiger partial charge on any atom is -0.496 e. The van der Waals surface area contributed by atoms with Gasteiger partial charge in [-0.1, -0.05) is 0 Å². The van der Waals surface area contributed by atoms with E-state index in [0.717, 1.165) is 0 Å². The molecule has 7 nitrogen and oxygen atoms in total. The van der Waals surface area contributed by atoms with Crippen molar-refractivity contribution in [2.75, 3.05) is 26.6 Å². The van der Waals surface area contributed by atoms with E-state index >= 15 is 0 Å². The number of carbonyl (C=O) groups is 2. The van der Waals surface area contributed by atoms with E-state index in [-0.39, 0.29) is 23.8 Å². The fraction of sp³-hybridized carbons (Fsp3) is 0.263. The number of esters is 1. The monoisotopic (exact) mass is 377 g/mol. The summed E-state index contributed by atoms with van der Waals surface area (Å²) in [5.41, 5.74) is 0.641. The number of carbonyl (C=O) groups excluding carboxylic acids is 2. The molecule has 0 aliphatic carbocycles. The van der Waals surface area contributed by atoms with Crippen molar-refractivity contribution >= 4 is 17.6 Å². The molecule has 0 bridgehead atoms. The molecule has 0 unspecified atom stereocenters. The van der Waals surface area contributed by atoms with Gasteiger partial charge in [0, 0.05) is 24.6 Å². The predicted octanol–water partition coefficient (Wildman–Crippen LogP) is 3.17. The fourth-order valence-electron chi connectivity index (χ4n) is 2.42. The van der Waals surface area contributed by atoms with Gasteiger partial charge in [-0.3, -0.25) is 4.79 Å². The average Bonchev–Trinajstić information content (AvgIpc) is 2.65. The van der Waals surface area contributed by atoms with Crippen LogP contribution in [0.2, 0.25) is 0 Å². The molecule has 2 aromatic rings. The molecule has 2 aromatic carbocycles. The van der Waals surface area contributed by atoms with E-state index in [2.05, 4.69) is 5.32 Å². The Hall–Kier alpha value is -3.29. The van der Waals surface area contributed by atoms with Crippen molar-refractivity contribution in [2.45, 2.75) is 13.5 Å². The molecule has 1 N–H and O–H groups in total. The summed E-state index contributed by atoms with van der Waals surface area (Å²) < 4.78 is 34.2. The smallest absolute Gasteiger partial charge is 0.340 e. The van der Waals surface area contributed by atoms with E-state index in [1.165, 1.54) is 58.6 Å². The molecule has 8 heteroatoms. The number of benzene rings is 2. The first-order valence-electron chi connectivity index (χ1n) is 7.92. The Morgan fingerprint density at radius 1 is 0.963 bits per heavy atom. The molecule has 0 radical (unpaired) electrons. The van der Waals surface area contributed by atoms with Gasteiger partial charge >= 0.3 is 5.97 Å². The summed E-state index contributed by atoms with van der Waals surface area (Å²) in [5, 5.41) is 2.55. The van der Waals surface area contributed by atoms with Crippen LogP contribution in [0.5, 0.6) is 17.2 Å². The van der Waals surface area contributed by atoms with Crippen LogP contribution in [0.4, 0.5) is 10.1 Å². The molecule has 0 aliphatic heterocycles. The lowest BCUT2D eigenvalue weighted by Crippen LogP contribution is -2.14. The zero-order chi connectivity index (χ0) is 20.0. The summed E-state index contributed by atoms with van der Waals surface area (Å²) in [6, 6.07) is 6.76. The Balaban J connectivity index is 2.31. The van der Waals surface area contributed by atoms with Crippen molar-refractivity contribution in [3.05, 3.63) is 47.3 Å².